The van der Waals surface area contributed by atoms with E-state index in [0.717, 1.165) is 22.3 Å². The van der Waals surface area contributed by atoms with E-state index in [-0.39, 0.29) is 17.9 Å². The Balaban J connectivity index is 1.91. The number of benzene rings is 2. The molecule has 0 atom stereocenters. The highest BCUT2D eigenvalue weighted by molar-refractivity contribution is 5.79. The maximum Gasteiger partial charge on any atom is 0.306 e. The van der Waals surface area contributed by atoms with Crippen molar-refractivity contribution in [2.75, 3.05) is 6.61 Å². The molecule has 0 amide bonds. The summed E-state index contributed by atoms with van der Waals surface area (Å²) in [6.45, 7) is 4.62. The molecule has 0 radical (unpaired) electrons. The number of esters is 1. The summed E-state index contributed by atoms with van der Waals surface area (Å²) in [7, 11) is 0. The normalized spacial score (nSPS) is 11.2. The number of fused-ring (bicyclic) bond motifs is 3. The predicted molar refractivity (Wildman–Crippen MR) is 112 cm³/mol. The van der Waals surface area contributed by atoms with Crippen molar-refractivity contribution in [3.8, 4) is 0 Å². The molecule has 2 heterocycles. The van der Waals surface area contributed by atoms with Gasteiger partial charge in [0, 0.05) is 17.7 Å². The molecule has 0 spiro atoms. The Morgan fingerprint density at radius 3 is 2.55 bits per heavy atom. The summed E-state index contributed by atoms with van der Waals surface area (Å²) in [4.78, 5) is 30.0. The lowest BCUT2D eigenvalue weighted by Crippen LogP contribution is -2.26. The number of rotatable bonds is 6. The SMILES string of the molecule is CCOC(=O)CCc1c(C)n(Cc2ccccc2)c2nc3ccccc3n2c1=O. The Morgan fingerprint density at radius 2 is 1.79 bits per heavy atom. The van der Waals surface area contributed by atoms with Gasteiger partial charge in [0.2, 0.25) is 5.78 Å². The van der Waals surface area contributed by atoms with E-state index >= 15 is 0 Å². The second kappa shape index (κ2) is 7.91. The lowest BCUT2D eigenvalue weighted by atomic mass is 10.1. The third-order valence-corrected chi connectivity index (χ3v) is 5.16. The first-order valence-corrected chi connectivity index (χ1v) is 9.79. The van der Waals surface area contributed by atoms with Crippen LogP contribution in [-0.2, 0) is 22.5 Å². The minimum Gasteiger partial charge on any atom is -0.466 e. The molecular weight excluding hydrogens is 366 g/mol. The summed E-state index contributed by atoms with van der Waals surface area (Å²) in [6, 6.07) is 17.7. The fourth-order valence-electron chi connectivity index (χ4n) is 3.70. The van der Waals surface area contributed by atoms with Gasteiger partial charge in [-0.15, -0.1) is 0 Å². The zero-order valence-corrected chi connectivity index (χ0v) is 16.6. The fourth-order valence-corrected chi connectivity index (χ4v) is 3.70. The molecule has 0 aliphatic carbocycles. The van der Waals surface area contributed by atoms with Crippen LogP contribution in [0.15, 0.2) is 59.4 Å². The first kappa shape index (κ1) is 18.9. The van der Waals surface area contributed by atoms with Crippen LogP contribution >= 0.6 is 0 Å². The summed E-state index contributed by atoms with van der Waals surface area (Å²) >= 11 is 0. The molecule has 148 valence electrons. The molecule has 4 aromatic rings. The minimum atomic E-state index is -0.295. The zero-order valence-electron chi connectivity index (χ0n) is 16.6. The maximum absolute atomic E-state index is 13.4. The van der Waals surface area contributed by atoms with Gasteiger partial charge in [0.05, 0.1) is 24.2 Å². The van der Waals surface area contributed by atoms with Crippen molar-refractivity contribution in [2.45, 2.75) is 33.2 Å². The average molecular weight is 389 g/mol. The third-order valence-electron chi connectivity index (χ3n) is 5.16. The minimum absolute atomic E-state index is 0.125. The molecule has 2 aromatic heterocycles. The van der Waals surface area contributed by atoms with Gasteiger partial charge in [0.15, 0.2) is 0 Å². The number of hydrogen-bond acceptors (Lipinski definition) is 4. The van der Waals surface area contributed by atoms with E-state index in [1.807, 2.05) is 49.4 Å². The van der Waals surface area contributed by atoms with Gasteiger partial charge in [0.1, 0.15) is 0 Å². The number of ether oxygens (including phenoxy) is 1. The van der Waals surface area contributed by atoms with Crippen LogP contribution < -0.4 is 5.56 Å². The average Bonchev–Trinajstić information content (AvgIpc) is 3.11. The van der Waals surface area contributed by atoms with Gasteiger partial charge >= 0.3 is 5.97 Å². The maximum atomic E-state index is 13.4. The number of carbonyl (C=O) groups excluding carboxylic acids is 1. The van der Waals surface area contributed by atoms with E-state index in [4.69, 9.17) is 9.72 Å². The van der Waals surface area contributed by atoms with Crippen LogP contribution in [0.5, 0.6) is 0 Å². The van der Waals surface area contributed by atoms with E-state index in [1.54, 1.807) is 11.3 Å². The molecular formula is C23H23N3O3. The van der Waals surface area contributed by atoms with Gasteiger partial charge in [-0.1, -0.05) is 42.5 Å². The van der Waals surface area contributed by atoms with Gasteiger partial charge in [-0.05, 0) is 38.0 Å². The smallest absolute Gasteiger partial charge is 0.306 e. The molecule has 0 saturated heterocycles. The number of aromatic nitrogens is 3. The zero-order chi connectivity index (χ0) is 20.4. The summed E-state index contributed by atoms with van der Waals surface area (Å²) in [5, 5.41) is 0. The Bertz CT molecular complexity index is 1240. The highest BCUT2D eigenvalue weighted by Gasteiger charge is 2.19. The summed E-state index contributed by atoms with van der Waals surface area (Å²) < 4.78 is 8.76. The van der Waals surface area contributed by atoms with Crippen LogP contribution in [0.1, 0.15) is 30.2 Å². The summed E-state index contributed by atoms with van der Waals surface area (Å²) in [5.74, 6) is 0.314. The Morgan fingerprint density at radius 1 is 1.07 bits per heavy atom. The summed E-state index contributed by atoms with van der Waals surface area (Å²) in [6.07, 6.45) is 0.508. The predicted octanol–water partition coefficient (Wildman–Crippen LogP) is 3.50. The van der Waals surface area contributed by atoms with Crippen LogP contribution in [0.3, 0.4) is 0 Å². The first-order valence-electron chi connectivity index (χ1n) is 9.79. The Kier molecular flexibility index (Phi) is 5.16. The van der Waals surface area contributed by atoms with Crippen LogP contribution in [0.25, 0.3) is 16.8 Å². The molecule has 29 heavy (non-hydrogen) atoms. The molecule has 0 aliphatic rings. The van der Waals surface area contributed by atoms with Crippen LogP contribution in [0.4, 0.5) is 0 Å². The number of carbonyl (C=O) groups is 1. The molecule has 4 rings (SSSR count). The van der Waals surface area contributed by atoms with Crippen molar-refractivity contribution in [1.29, 1.82) is 0 Å². The number of para-hydroxylation sites is 2. The molecule has 0 bridgehead atoms. The van der Waals surface area contributed by atoms with Crippen molar-refractivity contribution >= 4 is 22.8 Å². The van der Waals surface area contributed by atoms with Crippen molar-refractivity contribution in [3.05, 3.63) is 81.8 Å². The third kappa shape index (κ3) is 3.53. The second-order valence-electron chi connectivity index (χ2n) is 6.98. The highest BCUT2D eigenvalue weighted by atomic mass is 16.5. The second-order valence-corrected chi connectivity index (χ2v) is 6.98. The molecule has 0 N–H and O–H groups in total. The number of imidazole rings is 1. The van der Waals surface area contributed by atoms with Gasteiger partial charge in [-0.2, -0.15) is 0 Å². The first-order chi connectivity index (χ1) is 14.1. The van der Waals surface area contributed by atoms with Gasteiger partial charge in [-0.25, -0.2) is 9.38 Å². The van der Waals surface area contributed by atoms with Crippen LogP contribution in [0, 0.1) is 6.92 Å². The van der Waals surface area contributed by atoms with E-state index in [9.17, 15) is 9.59 Å². The van der Waals surface area contributed by atoms with E-state index in [2.05, 4.69) is 16.7 Å². The molecule has 0 saturated carbocycles. The van der Waals surface area contributed by atoms with Gasteiger partial charge < -0.3 is 9.30 Å². The molecule has 2 aromatic carbocycles. The standard InChI is InChI=1S/C23H23N3O3/c1-3-29-21(27)14-13-18-16(2)25(15-17-9-5-4-6-10-17)23-24-19-11-7-8-12-20(19)26(23)22(18)28/h4-12H,3,13-15H2,1-2H3. The van der Waals surface area contributed by atoms with Gasteiger partial charge in [-0.3, -0.25) is 9.59 Å². The van der Waals surface area contributed by atoms with E-state index < -0.39 is 0 Å². The molecule has 6 nitrogen and oxygen atoms in total. The lowest BCUT2D eigenvalue weighted by molar-refractivity contribution is -0.143. The largest absolute Gasteiger partial charge is 0.466 e. The van der Waals surface area contributed by atoms with Crippen molar-refractivity contribution in [2.24, 2.45) is 0 Å². The van der Waals surface area contributed by atoms with Crippen molar-refractivity contribution < 1.29 is 9.53 Å². The Labute approximate surface area is 168 Å². The number of hydrogen-bond donors (Lipinski definition) is 0. The van der Waals surface area contributed by atoms with Crippen LogP contribution in [-0.4, -0.2) is 26.5 Å². The molecule has 0 unspecified atom stereocenters. The highest BCUT2D eigenvalue weighted by Crippen LogP contribution is 2.19. The monoisotopic (exact) mass is 389 g/mol. The molecule has 0 fully saturated rings. The van der Waals surface area contributed by atoms with Crippen molar-refractivity contribution in [3.63, 3.8) is 0 Å². The molecule has 0 aliphatic heterocycles. The van der Waals surface area contributed by atoms with Crippen molar-refractivity contribution in [1.82, 2.24) is 14.0 Å². The topological polar surface area (TPSA) is 65.6 Å². The van der Waals surface area contributed by atoms with Gasteiger partial charge in [0.25, 0.3) is 5.56 Å². The van der Waals surface area contributed by atoms with E-state index in [1.165, 1.54) is 0 Å². The van der Waals surface area contributed by atoms with E-state index in [0.29, 0.717) is 30.9 Å². The molecule has 6 heteroatoms. The lowest BCUT2D eigenvalue weighted by Gasteiger charge is -2.16. The fraction of sp³-hybridized carbons (Fsp3) is 0.261. The Hall–Kier alpha value is -3.41. The van der Waals surface area contributed by atoms with Crippen LogP contribution in [0.2, 0.25) is 0 Å². The quantitative estimate of drug-likeness (QED) is 0.474. The number of nitrogens with zero attached hydrogens (tertiary/aromatic N) is 3. The summed E-state index contributed by atoms with van der Waals surface area (Å²) in [5.41, 5.74) is 3.97.